The van der Waals surface area contributed by atoms with Crippen LogP contribution in [0.3, 0.4) is 0 Å². The van der Waals surface area contributed by atoms with Crippen LogP contribution in [0.15, 0.2) is 11.1 Å². The van der Waals surface area contributed by atoms with Gasteiger partial charge >= 0.3 is 0 Å². The predicted octanol–water partition coefficient (Wildman–Crippen LogP) is 4.13. The number of allylic oxidation sites excluding steroid dienone is 2. The molecule has 0 saturated heterocycles. The van der Waals surface area contributed by atoms with Gasteiger partial charge in [0.25, 0.3) is 0 Å². The zero-order valence-corrected chi connectivity index (χ0v) is 11.1. The minimum atomic E-state index is 0.283. The molecule has 1 heteroatoms. The van der Waals surface area contributed by atoms with Crippen molar-refractivity contribution in [3.8, 4) is 0 Å². The molecular weight excluding hydrogens is 196 g/mol. The standard InChI is InChI=1S/C15H24O/c1-5-15(4)10-14(2,3)12-8-6-7-11(9-16)13(12)15/h9,12H,5-8,10H2,1-4H3. The lowest BCUT2D eigenvalue weighted by atomic mass is 9.72. The summed E-state index contributed by atoms with van der Waals surface area (Å²) in [4.78, 5) is 11.3. The number of aldehydes is 1. The summed E-state index contributed by atoms with van der Waals surface area (Å²) in [7, 11) is 0. The molecule has 1 saturated carbocycles. The van der Waals surface area contributed by atoms with Gasteiger partial charge < -0.3 is 0 Å². The lowest BCUT2D eigenvalue weighted by molar-refractivity contribution is -0.105. The van der Waals surface area contributed by atoms with Crippen molar-refractivity contribution in [2.75, 3.05) is 0 Å². The van der Waals surface area contributed by atoms with Crippen LogP contribution < -0.4 is 0 Å². The molecule has 2 atom stereocenters. The molecule has 0 N–H and O–H groups in total. The summed E-state index contributed by atoms with van der Waals surface area (Å²) in [6.45, 7) is 9.39. The van der Waals surface area contributed by atoms with Crippen LogP contribution in [-0.4, -0.2) is 6.29 Å². The quantitative estimate of drug-likeness (QED) is 0.639. The monoisotopic (exact) mass is 220 g/mol. The van der Waals surface area contributed by atoms with Crippen LogP contribution in [0.1, 0.15) is 59.8 Å². The first-order valence-corrected chi connectivity index (χ1v) is 6.63. The molecule has 90 valence electrons. The second-order valence-corrected chi connectivity index (χ2v) is 6.58. The van der Waals surface area contributed by atoms with Crippen LogP contribution >= 0.6 is 0 Å². The predicted molar refractivity (Wildman–Crippen MR) is 67.2 cm³/mol. The maximum atomic E-state index is 11.3. The number of hydrogen-bond acceptors (Lipinski definition) is 1. The molecule has 1 fully saturated rings. The van der Waals surface area contributed by atoms with Gasteiger partial charge in [-0.25, -0.2) is 0 Å². The minimum absolute atomic E-state index is 0.283. The summed E-state index contributed by atoms with van der Waals surface area (Å²) in [5.41, 5.74) is 3.31. The molecule has 0 aromatic carbocycles. The Morgan fingerprint density at radius 3 is 2.62 bits per heavy atom. The second kappa shape index (κ2) is 3.72. The topological polar surface area (TPSA) is 17.1 Å². The molecule has 0 radical (unpaired) electrons. The third-order valence-electron chi connectivity index (χ3n) is 5.00. The highest BCUT2D eigenvalue weighted by molar-refractivity contribution is 5.76. The third kappa shape index (κ3) is 1.56. The SMILES string of the molecule is CCC1(C)CC(C)(C)C2CCCC(C=O)=C21. The third-order valence-corrected chi connectivity index (χ3v) is 5.00. The molecule has 2 unspecified atom stereocenters. The van der Waals surface area contributed by atoms with Crippen molar-refractivity contribution in [3.63, 3.8) is 0 Å². The molecule has 0 spiro atoms. The summed E-state index contributed by atoms with van der Waals surface area (Å²) in [5, 5.41) is 0. The maximum absolute atomic E-state index is 11.3. The fourth-order valence-corrected chi connectivity index (χ4v) is 4.25. The molecule has 1 nitrogen and oxygen atoms in total. The summed E-state index contributed by atoms with van der Waals surface area (Å²) < 4.78 is 0. The fraction of sp³-hybridized carbons (Fsp3) is 0.800. The van der Waals surface area contributed by atoms with Crippen molar-refractivity contribution in [1.82, 2.24) is 0 Å². The van der Waals surface area contributed by atoms with E-state index < -0.39 is 0 Å². The van der Waals surface area contributed by atoms with Crippen molar-refractivity contribution >= 4 is 6.29 Å². The Balaban J connectivity index is 2.54. The normalized spacial score (nSPS) is 37.4. The zero-order valence-electron chi connectivity index (χ0n) is 11.1. The Labute approximate surface area is 99.3 Å². The maximum Gasteiger partial charge on any atom is 0.146 e. The van der Waals surface area contributed by atoms with Crippen molar-refractivity contribution in [2.45, 2.75) is 59.8 Å². The smallest absolute Gasteiger partial charge is 0.146 e. The van der Waals surface area contributed by atoms with Crippen molar-refractivity contribution in [2.24, 2.45) is 16.7 Å². The van der Waals surface area contributed by atoms with Crippen LogP contribution in [0, 0.1) is 16.7 Å². The van der Waals surface area contributed by atoms with Gasteiger partial charge in [-0.1, -0.05) is 33.3 Å². The van der Waals surface area contributed by atoms with Gasteiger partial charge in [-0.3, -0.25) is 4.79 Å². The first kappa shape index (κ1) is 11.9. The Hall–Kier alpha value is -0.590. The van der Waals surface area contributed by atoms with E-state index in [1.54, 1.807) is 0 Å². The average molecular weight is 220 g/mol. The summed E-state index contributed by atoms with van der Waals surface area (Å²) >= 11 is 0. The van der Waals surface area contributed by atoms with E-state index in [4.69, 9.17) is 0 Å². The summed E-state index contributed by atoms with van der Waals surface area (Å²) in [6.07, 6.45) is 7.05. The molecule has 2 aliphatic rings. The summed E-state index contributed by atoms with van der Waals surface area (Å²) in [6, 6.07) is 0. The lowest BCUT2D eigenvalue weighted by Gasteiger charge is -2.32. The van der Waals surface area contributed by atoms with Crippen molar-refractivity contribution < 1.29 is 4.79 Å². The van der Waals surface area contributed by atoms with Crippen LogP contribution in [-0.2, 0) is 4.79 Å². The van der Waals surface area contributed by atoms with Crippen LogP contribution in [0.2, 0.25) is 0 Å². The molecule has 2 aliphatic carbocycles. The first-order valence-electron chi connectivity index (χ1n) is 6.63. The Kier molecular flexibility index (Phi) is 2.76. The fourth-order valence-electron chi connectivity index (χ4n) is 4.25. The highest BCUT2D eigenvalue weighted by Gasteiger charge is 2.51. The molecule has 0 bridgehead atoms. The van der Waals surface area contributed by atoms with E-state index in [1.165, 1.54) is 31.3 Å². The molecular formula is C15H24O. The van der Waals surface area contributed by atoms with Crippen LogP contribution in [0.5, 0.6) is 0 Å². The number of rotatable bonds is 2. The van der Waals surface area contributed by atoms with Gasteiger partial charge in [0.05, 0.1) is 0 Å². The average Bonchev–Trinajstić information content (AvgIpc) is 2.47. The highest BCUT2D eigenvalue weighted by Crippen LogP contribution is 2.61. The highest BCUT2D eigenvalue weighted by atomic mass is 16.1. The van der Waals surface area contributed by atoms with E-state index in [0.717, 1.165) is 18.3 Å². The van der Waals surface area contributed by atoms with E-state index in [9.17, 15) is 4.79 Å². The van der Waals surface area contributed by atoms with Gasteiger partial charge in [-0.15, -0.1) is 0 Å². The van der Waals surface area contributed by atoms with Gasteiger partial charge in [-0.05, 0) is 54.4 Å². The Morgan fingerprint density at radius 2 is 2.06 bits per heavy atom. The first-order chi connectivity index (χ1) is 7.44. The Morgan fingerprint density at radius 1 is 1.38 bits per heavy atom. The number of carbonyl (C=O) groups is 1. The van der Waals surface area contributed by atoms with Gasteiger partial charge in [-0.2, -0.15) is 0 Å². The van der Waals surface area contributed by atoms with Gasteiger partial charge in [0.2, 0.25) is 0 Å². The second-order valence-electron chi connectivity index (χ2n) is 6.58. The largest absolute Gasteiger partial charge is 0.298 e. The molecule has 0 heterocycles. The summed E-state index contributed by atoms with van der Waals surface area (Å²) in [5.74, 6) is 0.659. The van der Waals surface area contributed by atoms with Gasteiger partial charge in [0.1, 0.15) is 6.29 Å². The Bertz CT molecular complexity index is 337. The number of fused-ring (bicyclic) bond motifs is 1. The van der Waals surface area contributed by atoms with Crippen molar-refractivity contribution in [1.29, 1.82) is 0 Å². The molecule has 0 aliphatic heterocycles. The molecule has 0 aromatic heterocycles. The van der Waals surface area contributed by atoms with Crippen LogP contribution in [0.25, 0.3) is 0 Å². The van der Waals surface area contributed by atoms with E-state index in [2.05, 4.69) is 27.7 Å². The molecule has 0 aromatic rings. The van der Waals surface area contributed by atoms with Gasteiger partial charge in [0.15, 0.2) is 0 Å². The number of hydrogen-bond donors (Lipinski definition) is 0. The van der Waals surface area contributed by atoms with Crippen LogP contribution in [0.4, 0.5) is 0 Å². The number of carbonyl (C=O) groups excluding carboxylic acids is 1. The molecule has 2 rings (SSSR count). The minimum Gasteiger partial charge on any atom is -0.298 e. The zero-order chi connectivity index (χ0) is 12.0. The van der Waals surface area contributed by atoms with E-state index in [0.29, 0.717) is 11.3 Å². The molecule has 16 heavy (non-hydrogen) atoms. The van der Waals surface area contributed by atoms with Gasteiger partial charge in [0, 0.05) is 0 Å². The van der Waals surface area contributed by atoms with E-state index in [1.807, 2.05) is 0 Å². The lowest BCUT2D eigenvalue weighted by Crippen LogP contribution is -2.22. The van der Waals surface area contributed by atoms with E-state index in [-0.39, 0.29) is 5.41 Å². The van der Waals surface area contributed by atoms with Crippen molar-refractivity contribution in [3.05, 3.63) is 11.1 Å². The van der Waals surface area contributed by atoms with E-state index >= 15 is 0 Å². The molecule has 0 amide bonds.